The summed E-state index contributed by atoms with van der Waals surface area (Å²) in [5, 5.41) is 2.67. The van der Waals surface area contributed by atoms with E-state index in [1.165, 1.54) is 0 Å². The van der Waals surface area contributed by atoms with Gasteiger partial charge in [-0.25, -0.2) is 0 Å². The van der Waals surface area contributed by atoms with Gasteiger partial charge >= 0.3 is 0 Å². The Morgan fingerprint density at radius 2 is 2.17 bits per heavy atom. The van der Waals surface area contributed by atoms with Crippen LogP contribution in [0.3, 0.4) is 0 Å². The van der Waals surface area contributed by atoms with Crippen molar-refractivity contribution in [3.8, 4) is 0 Å². The number of hydrogen-bond acceptors (Lipinski definition) is 2. The van der Waals surface area contributed by atoms with Gasteiger partial charge in [0.05, 0.1) is 5.92 Å². The standard InChI is InChI=1S/C9H14N2O/c1-11-9(12)7-5-2-3-6(4-5)8(7)10/h2-3,5-8H,4,10H2,1H3,(H,11,12)/t5-,6+,7+,8-/m0/s1. The number of carbonyl (C=O) groups is 1. The van der Waals surface area contributed by atoms with Gasteiger partial charge in [-0.05, 0) is 18.3 Å². The van der Waals surface area contributed by atoms with Gasteiger partial charge in [0, 0.05) is 13.1 Å². The molecule has 2 bridgehead atoms. The maximum Gasteiger partial charge on any atom is 0.225 e. The van der Waals surface area contributed by atoms with Crippen LogP contribution in [-0.4, -0.2) is 19.0 Å². The molecule has 0 aromatic heterocycles. The predicted octanol–water partition coefficient (Wildman–Crippen LogP) is -0.118. The SMILES string of the molecule is CNC(=O)[C@H]1[C@@H](N)[C@@H]2C=C[C@H]1C2. The number of amides is 1. The third-order valence-corrected chi connectivity index (χ3v) is 3.07. The summed E-state index contributed by atoms with van der Waals surface area (Å²) >= 11 is 0. The minimum absolute atomic E-state index is 0.0185. The van der Waals surface area contributed by atoms with Crippen molar-refractivity contribution in [2.45, 2.75) is 12.5 Å². The van der Waals surface area contributed by atoms with Crippen LogP contribution in [0.5, 0.6) is 0 Å². The topological polar surface area (TPSA) is 55.1 Å². The summed E-state index contributed by atoms with van der Waals surface area (Å²) < 4.78 is 0. The maximum atomic E-state index is 11.4. The second-order valence-electron chi connectivity index (χ2n) is 3.67. The van der Waals surface area contributed by atoms with Crippen LogP contribution in [0.2, 0.25) is 0 Å². The monoisotopic (exact) mass is 166 g/mol. The molecule has 1 fully saturated rings. The van der Waals surface area contributed by atoms with Crippen molar-refractivity contribution >= 4 is 5.91 Å². The Labute approximate surface area is 72.0 Å². The third-order valence-electron chi connectivity index (χ3n) is 3.07. The summed E-state index contributed by atoms with van der Waals surface area (Å²) in [5.74, 6) is 0.951. The highest BCUT2D eigenvalue weighted by Crippen LogP contribution is 2.42. The Hall–Kier alpha value is -0.830. The van der Waals surface area contributed by atoms with E-state index in [4.69, 9.17) is 5.73 Å². The van der Waals surface area contributed by atoms with E-state index < -0.39 is 0 Å². The molecule has 0 unspecified atom stereocenters. The molecule has 2 rings (SSSR count). The number of fused-ring (bicyclic) bond motifs is 2. The lowest BCUT2D eigenvalue weighted by Crippen LogP contribution is -2.42. The Morgan fingerprint density at radius 3 is 2.67 bits per heavy atom. The molecule has 3 heteroatoms. The molecule has 1 amide bonds. The van der Waals surface area contributed by atoms with E-state index in [1.807, 2.05) is 0 Å². The van der Waals surface area contributed by atoms with Crippen LogP contribution < -0.4 is 11.1 Å². The molecule has 0 saturated heterocycles. The average molecular weight is 166 g/mol. The molecule has 3 nitrogen and oxygen atoms in total. The third kappa shape index (κ3) is 0.894. The lowest BCUT2D eigenvalue weighted by molar-refractivity contribution is -0.125. The largest absolute Gasteiger partial charge is 0.359 e. The number of nitrogens with one attached hydrogen (secondary N) is 1. The zero-order valence-corrected chi connectivity index (χ0v) is 7.16. The van der Waals surface area contributed by atoms with Gasteiger partial charge in [0.15, 0.2) is 0 Å². The zero-order valence-electron chi connectivity index (χ0n) is 7.16. The maximum absolute atomic E-state index is 11.4. The van der Waals surface area contributed by atoms with Crippen molar-refractivity contribution in [1.82, 2.24) is 5.32 Å². The minimum Gasteiger partial charge on any atom is -0.359 e. The molecule has 66 valence electrons. The first kappa shape index (κ1) is 7.80. The molecule has 1 saturated carbocycles. The van der Waals surface area contributed by atoms with E-state index in [2.05, 4.69) is 17.5 Å². The average Bonchev–Trinajstić information content (AvgIpc) is 2.63. The van der Waals surface area contributed by atoms with Crippen molar-refractivity contribution in [3.05, 3.63) is 12.2 Å². The quantitative estimate of drug-likeness (QED) is 0.534. The predicted molar refractivity (Wildman–Crippen MR) is 46.3 cm³/mol. The normalized spacial score (nSPS) is 43.5. The highest BCUT2D eigenvalue weighted by molar-refractivity contribution is 5.80. The molecule has 2 aliphatic carbocycles. The van der Waals surface area contributed by atoms with Crippen molar-refractivity contribution in [2.24, 2.45) is 23.5 Å². The van der Waals surface area contributed by atoms with Gasteiger partial charge < -0.3 is 11.1 Å². The van der Waals surface area contributed by atoms with E-state index in [9.17, 15) is 4.79 Å². The number of hydrogen-bond donors (Lipinski definition) is 2. The van der Waals surface area contributed by atoms with Gasteiger partial charge in [-0.3, -0.25) is 4.79 Å². The minimum atomic E-state index is 0.0185. The van der Waals surface area contributed by atoms with Gasteiger partial charge in [-0.15, -0.1) is 0 Å². The fourth-order valence-electron chi connectivity index (χ4n) is 2.40. The van der Waals surface area contributed by atoms with Crippen LogP contribution in [0, 0.1) is 17.8 Å². The molecule has 0 aromatic rings. The van der Waals surface area contributed by atoms with Gasteiger partial charge in [0.1, 0.15) is 0 Å². The van der Waals surface area contributed by atoms with Crippen molar-refractivity contribution in [2.75, 3.05) is 7.05 Å². The van der Waals surface area contributed by atoms with Gasteiger partial charge in [-0.1, -0.05) is 12.2 Å². The summed E-state index contributed by atoms with van der Waals surface area (Å²) in [6, 6.07) is 0.0416. The van der Waals surface area contributed by atoms with E-state index in [0.717, 1.165) is 6.42 Å². The van der Waals surface area contributed by atoms with Crippen LogP contribution >= 0.6 is 0 Å². The van der Waals surface area contributed by atoms with E-state index >= 15 is 0 Å². The summed E-state index contributed by atoms with van der Waals surface area (Å²) in [6.45, 7) is 0. The summed E-state index contributed by atoms with van der Waals surface area (Å²) in [4.78, 5) is 11.4. The fraction of sp³-hybridized carbons (Fsp3) is 0.667. The van der Waals surface area contributed by atoms with Gasteiger partial charge in [0.25, 0.3) is 0 Å². The molecule has 4 atom stereocenters. The lowest BCUT2D eigenvalue weighted by Gasteiger charge is -2.22. The van der Waals surface area contributed by atoms with Crippen molar-refractivity contribution < 1.29 is 4.79 Å². The summed E-state index contributed by atoms with van der Waals surface area (Å²) in [5.41, 5.74) is 5.93. The highest BCUT2D eigenvalue weighted by atomic mass is 16.1. The van der Waals surface area contributed by atoms with Gasteiger partial charge in [-0.2, -0.15) is 0 Å². The number of nitrogens with two attached hydrogens (primary N) is 1. The number of rotatable bonds is 1. The first-order valence-electron chi connectivity index (χ1n) is 4.39. The zero-order chi connectivity index (χ0) is 8.72. The van der Waals surface area contributed by atoms with Crippen LogP contribution in [0.4, 0.5) is 0 Å². The Kier molecular flexibility index (Phi) is 1.68. The summed E-state index contributed by atoms with van der Waals surface area (Å²) in [6.07, 6.45) is 5.35. The van der Waals surface area contributed by atoms with Crippen LogP contribution in [0.25, 0.3) is 0 Å². The first-order chi connectivity index (χ1) is 5.74. The van der Waals surface area contributed by atoms with E-state index in [0.29, 0.717) is 11.8 Å². The van der Waals surface area contributed by atoms with E-state index in [1.54, 1.807) is 7.05 Å². The molecular weight excluding hydrogens is 152 g/mol. The molecule has 12 heavy (non-hydrogen) atoms. The molecule has 0 radical (unpaired) electrons. The molecule has 2 aliphatic rings. The Balaban J connectivity index is 2.18. The second-order valence-corrected chi connectivity index (χ2v) is 3.67. The smallest absolute Gasteiger partial charge is 0.225 e. The van der Waals surface area contributed by atoms with Crippen molar-refractivity contribution in [1.29, 1.82) is 0 Å². The summed E-state index contributed by atoms with van der Waals surface area (Å²) in [7, 11) is 1.67. The number of allylic oxidation sites excluding steroid dienone is 1. The van der Waals surface area contributed by atoms with Crippen LogP contribution in [0.15, 0.2) is 12.2 Å². The van der Waals surface area contributed by atoms with Crippen LogP contribution in [0.1, 0.15) is 6.42 Å². The highest BCUT2D eigenvalue weighted by Gasteiger charge is 2.45. The molecule has 0 aliphatic heterocycles. The van der Waals surface area contributed by atoms with Gasteiger partial charge in [0.2, 0.25) is 5.91 Å². The lowest BCUT2D eigenvalue weighted by atomic mass is 9.89. The number of carbonyl (C=O) groups excluding carboxylic acids is 1. The fourth-order valence-corrected chi connectivity index (χ4v) is 2.40. The molecule has 0 spiro atoms. The van der Waals surface area contributed by atoms with E-state index in [-0.39, 0.29) is 17.9 Å². The molecule has 3 N–H and O–H groups in total. The Morgan fingerprint density at radius 1 is 1.50 bits per heavy atom. The molecule has 0 aromatic carbocycles. The Bertz CT molecular complexity index is 237. The first-order valence-corrected chi connectivity index (χ1v) is 4.39. The second kappa shape index (κ2) is 2.59. The van der Waals surface area contributed by atoms with Crippen molar-refractivity contribution in [3.63, 3.8) is 0 Å². The van der Waals surface area contributed by atoms with Crippen LogP contribution in [-0.2, 0) is 4.79 Å². The molecular formula is C9H14N2O. The molecule has 0 heterocycles.